The molecule has 0 saturated carbocycles. The maximum atomic E-state index is 14.0. The number of ether oxygens (including phenoxy) is 2. The van der Waals surface area contributed by atoms with Gasteiger partial charge in [0.05, 0.1) is 40.1 Å². The first-order valence-corrected chi connectivity index (χ1v) is 15.2. The molecule has 0 radical (unpaired) electrons. The van der Waals surface area contributed by atoms with Crippen molar-refractivity contribution in [2.24, 2.45) is 4.99 Å². The second-order valence-electron chi connectivity index (χ2n) is 8.83. The molecule has 1 aromatic heterocycles. The van der Waals surface area contributed by atoms with Crippen LogP contribution in [0.2, 0.25) is 5.02 Å². The number of halogens is 1. The van der Waals surface area contributed by atoms with Gasteiger partial charge in [0.1, 0.15) is 5.75 Å². The molecule has 0 unspecified atom stereocenters. The van der Waals surface area contributed by atoms with E-state index in [1.807, 2.05) is 73.8 Å². The Balaban J connectivity index is 1.77. The molecule has 2 heterocycles. The van der Waals surface area contributed by atoms with E-state index in [1.165, 1.54) is 11.3 Å². The molecule has 1 atom stereocenters. The topological polar surface area (TPSA) is 69.9 Å². The van der Waals surface area contributed by atoms with E-state index in [9.17, 15) is 9.59 Å². The number of hydrogen-bond acceptors (Lipinski definition) is 7. The van der Waals surface area contributed by atoms with Crippen molar-refractivity contribution >= 4 is 52.4 Å². The molecular formula is C31H27ClN2O4S2. The third kappa shape index (κ3) is 5.52. The van der Waals surface area contributed by atoms with Gasteiger partial charge in [0.2, 0.25) is 0 Å². The van der Waals surface area contributed by atoms with Crippen LogP contribution < -0.4 is 19.6 Å². The molecule has 9 heteroatoms. The minimum absolute atomic E-state index is 0.200. The molecule has 0 bridgehead atoms. The molecule has 204 valence electrons. The summed E-state index contributed by atoms with van der Waals surface area (Å²) in [7, 11) is 0. The lowest BCUT2D eigenvalue weighted by molar-refractivity contribution is -0.138. The summed E-state index contributed by atoms with van der Waals surface area (Å²) in [4.78, 5) is 34.0. The third-order valence-corrected chi connectivity index (χ3v) is 8.38. The molecule has 0 aliphatic carbocycles. The number of nitrogens with zero attached hydrogens (tertiary/aromatic N) is 2. The Morgan fingerprint density at radius 2 is 1.82 bits per heavy atom. The van der Waals surface area contributed by atoms with Gasteiger partial charge in [-0.2, -0.15) is 0 Å². The number of esters is 1. The number of fused-ring (bicyclic) bond motifs is 1. The van der Waals surface area contributed by atoms with Gasteiger partial charge < -0.3 is 9.47 Å². The van der Waals surface area contributed by atoms with Crippen LogP contribution in [-0.4, -0.2) is 30.0 Å². The minimum Gasteiger partial charge on any atom is -0.492 e. The van der Waals surface area contributed by atoms with Crippen molar-refractivity contribution < 1.29 is 14.3 Å². The molecule has 0 N–H and O–H groups in total. The molecular weight excluding hydrogens is 564 g/mol. The van der Waals surface area contributed by atoms with Crippen LogP contribution in [0.1, 0.15) is 36.6 Å². The Labute approximate surface area is 245 Å². The fraction of sp³-hybridized carbons (Fsp3) is 0.194. The van der Waals surface area contributed by atoms with Crippen LogP contribution >= 0.6 is 34.7 Å². The van der Waals surface area contributed by atoms with Gasteiger partial charge in [-0.1, -0.05) is 71.5 Å². The molecule has 0 fully saturated rings. The van der Waals surface area contributed by atoms with E-state index >= 15 is 0 Å². The van der Waals surface area contributed by atoms with Crippen LogP contribution in [0.4, 0.5) is 0 Å². The van der Waals surface area contributed by atoms with Crippen molar-refractivity contribution in [3.63, 3.8) is 0 Å². The normalized spacial score (nSPS) is 15.0. The Kier molecular flexibility index (Phi) is 8.59. The summed E-state index contributed by atoms with van der Waals surface area (Å²) in [6.45, 7) is 4.36. The van der Waals surface area contributed by atoms with Gasteiger partial charge in [-0.25, -0.2) is 9.79 Å². The highest BCUT2D eigenvalue weighted by Crippen LogP contribution is 2.35. The van der Waals surface area contributed by atoms with Gasteiger partial charge in [0.15, 0.2) is 4.80 Å². The van der Waals surface area contributed by atoms with Crippen LogP contribution in [0, 0.1) is 0 Å². The summed E-state index contributed by atoms with van der Waals surface area (Å²) >= 11 is 9.31. The van der Waals surface area contributed by atoms with Crippen molar-refractivity contribution in [2.45, 2.75) is 24.8 Å². The SMILES string of the molecule is CCOC(=O)C1=C(c2ccccc2)N=c2s/c(=C\c3ccc(OCC)c(Cl)c3)c(=O)n2[C@H]1c1ccc(SC)cc1. The van der Waals surface area contributed by atoms with Crippen LogP contribution in [-0.2, 0) is 9.53 Å². The standard InChI is InChI=1S/C31H27ClN2O4S2/c1-4-37-24-16-11-19(17-23(24)32)18-25-29(35)34-28(21-12-14-22(39-3)15-13-21)26(30(36)38-5-2)27(33-31(34)40-25)20-9-7-6-8-10-20/h6-18,28H,4-5H2,1-3H3/b25-18-/t28-/m0/s1. The van der Waals surface area contributed by atoms with Crippen molar-refractivity contribution in [3.05, 3.63) is 120 Å². The molecule has 0 amide bonds. The Morgan fingerprint density at radius 3 is 2.48 bits per heavy atom. The average molecular weight is 591 g/mol. The average Bonchev–Trinajstić information content (AvgIpc) is 3.28. The summed E-state index contributed by atoms with van der Waals surface area (Å²) in [5.41, 5.74) is 2.89. The van der Waals surface area contributed by atoms with E-state index in [2.05, 4.69) is 0 Å². The van der Waals surface area contributed by atoms with E-state index < -0.39 is 12.0 Å². The molecule has 0 spiro atoms. The highest BCUT2D eigenvalue weighted by atomic mass is 35.5. The Bertz CT molecular complexity index is 1760. The first kappa shape index (κ1) is 28.0. The van der Waals surface area contributed by atoms with Crippen LogP contribution in [0.15, 0.2) is 93.1 Å². The fourth-order valence-electron chi connectivity index (χ4n) is 4.57. The molecule has 3 aromatic carbocycles. The molecule has 1 aliphatic rings. The van der Waals surface area contributed by atoms with Gasteiger partial charge in [-0.05, 0) is 61.6 Å². The van der Waals surface area contributed by atoms with Gasteiger partial charge in [-0.3, -0.25) is 9.36 Å². The first-order valence-electron chi connectivity index (χ1n) is 12.8. The van der Waals surface area contributed by atoms with Crippen LogP contribution in [0.5, 0.6) is 5.75 Å². The highest BCUT2D eigenvalue weighted by molar-refractivity contribution is 7.98. The zero-order valence-electron chi connectivity index (χ0n) is 22.2. The summed E-state index contributed by atoms with van der Waals surface area (Å²) in [6.07, 6.45) is 3.79. The second kappa shape index (κ2) is 12.3. The monoisotopic (exact) mass is 590 g/mol. The largest absolute Gasteiger partial charge is 0.492 e. The van der Waals surface area contributed by atoms with Gasteiger partial charge in [0, 0.05) is 10.5 Å². The summed E-state index contributed by atoms with van der Waals surface area (Å²) in [5, 5.41) is 0.464. The van der Waals surface area contributed by atoms with Crippen molar-refractivity contribution in [2.75, 3.05) is 19.5 Å². The maximum absolute atomic E-state index is 14.0. The lowest BCUT2D eigenvalue weighted by atomic mass is 9.93. The number of thioether (sulfide) groups is 1. The van der Waals surface area contributed by atoms with Gasteiger partial charge in [-0.15, -0.1) is 11.8 Å². The van der Waals surface area contributed by atoms with E-state index in [-0.39, 0.29) is 12.2 Å². The quantitative estimate of drug-likeness (QED) is 0.194. The lowest BCUT2D eigenvalue weighted by Gasteiger charge is -2.26. The molecule has 40 heavy (non-hydrogen) atoms. The number of carbonyl (C=O) groups excluding carboxylic acids is 1. The fourth-order valence-corrected chi connectivity index (χ4v) is 6.23. The second-order valence-corrected chi connectivity index (χ2v) is 11.1. The number of rotatable bonds is 8. The first-order chi connectivity index (χ1) is 19.4. The van der Waals surface area contributed by atoms with E-state index in [1.54, 1.807) is 41.5 Å². The number of benzene rings is 3. The molecule has 5 rings (SSSR count). The van der Waals surface area contributed by atoms with Crippen LogP contribution in [0.25, 0.3) is 11.8 Å². The zero-order chi connectivity index (χ0) is 28.2. The number of hydrogen-bond donors (Lipinski definition) is 0. The molecule has 4 aromatic rings. The van der Waals surface area contributed by atoms with E-state index in [0.717, 1.165) is 21.6 Å². The number of carbonyl (C=O) groups is 1. The summed E-state index contributed by atoms with van der Waals surface area (Å²) < 4.78 is 13.1. The van der Waals surface area contributed by atoms with Crippen molar-refractivity contribution in [1.82, 2.24) is 4.57 Å². The Hall–Kier alpha value is -3.59. The molecule has 0 saturated heterocycles. The minimum atomic E-state index is -0.715. The Morgan fingerprint density at radius 1 is 1.07 bits per heavy atom. The van der Waals surface area contributed by atoms with Crippen LogP contribution in [0.3, 0.4) is 0 Å². The number of aromatic nitrogens is 1. The summed E-state index contributed by atoms with van der Waals surface area (Å²) in [5.74, 6) is 0.0830. The number of thiazole rings is 1. The maximum Gasteiger partial charge on any atom is 0.338 e. The van der Waals surface area contributed by atoms with Crippen molar-refractivity contribution in [1.29, 1.82) is 0 Å². The highest BCUT2D eigenvalue weighted by Gasteiger charge is 2.35. The zero-order valence-corrected chi connectivity index (χ0v) is 24.6. The third-order valence-electron chi connectivity index (χ3n) is 6.36. The van der Waals surface area contributed by atoms with Crippen molar-refractivity contribution in [3.8, 4) is 5.75 Å². The summed E-state index contributed by atoms with van der Waals surface area (Å²) in [6, 6.07) is 22.1. The van der Waals surface area contributed by atoms with E-state index in [0.29, 0.717) is 38.0 Å². The predicted octanol–water partition coefficient (Wildman–Crippen LogP) is 5.71. The smallest absolute Gasteiger partial charge is 0.338 e. The van der Waals surface area contributed by atoms with E-state index in [4.69, 9.17) is 26.1 Å². The molecule has 6 nitrogen and oxygen atoms in total. The van der Waals surface area contributed by atoms with Gasteiger partial charge >= 0.3 is 5.97 Å². The predicted molar refractivity (Wildman–Crippen MR) is 162 cm³/mol. The van der Waals surface area contributed by atoms with Gasteiger partial charge in [0.25, 0.3) is 5.56 Å². The molecule has 1 aliphatic heterocycles. The lowest BCUT2D eigenvalue weighted by Crippen LogP contribution is -2.40.